The van der Waals surface area contributed by atoms with Gasteiger partial charge in [-0.05, 0) is 19.4 Å². The molecule has 1 amide bonds. The van der Waals surface area contributed by atoms with Gasteiger partial charge in [0.05, 0.1) is 12.5 Å². The van der Waals surface area contributed by atoms with E-state index in [1.807, 2.05) is 19.9 Å². The quantitative estimate of drug-likeness (QED) is 0.295. The third-order valence-electron chi connectivity index (χ3n) is 2.32. The summed E-state index contributed by atoms with van der Waals surface area (Å²) in [7, 11) is 0. The minimum atomic E-state index is -0.531. The molecule has 0 aromatic carbocycles. The molecule has 0 radical (unpaired) electrons. The van der Waals surface area contributed by atoms with Crippen LogP contribution in [0.5, 0.6) is 0 Å². The Hall–Kier alpha value is -1.77. The topological polar surface area (TPSA) is 105 Å². The SMILES string of the molecule is CCN(CC)C(=O)CC(C#N)NCCN=[N+]=[N-]. The van der Waals surface area contributed by atoms with E-state index in [-0.39, 0.29) is 18.9 Å². The Kier molecular flexibility index (Phi) is 8.47. The minimum Gasteiger partial charge on any atom is -0.343 e. The molecule has 7 heteroatoms. The number of nitrogens with one attached hydrogen (secondary N) is 1. The average Bonchev–Trinajstić information content (AvgIpc) is 2.34. The van der Waals surface area contributed by atoms with Gasteiger partial charge in [-0.15, -0.1) is 0 Å². The number of amides is 1. The number of carbonyl (C=O) groups is 1. The van der Waals surface area contributed by atoms with E-state index in [1.54, 1.807) is 4.90 Å². The van der Waals surface area contributed by atoms with Gasteiger partial charge in [0.15, 0.2) is 0 Å². The highest BCUT2D eigenvalue weighted by Crippen LogP contribution is 1.98. The van der Waals surface area contributed by atoms with Crippen molar-refractivity contribution in [1.82, 2.24) is 10.2 Å². The highest BCUT2D eigenvalue weighted by molar-refractivity contribution is 5.77. The molecule has 1 unspecified atom stereocenters. The predicted octanol–water partition coefficient (Wildman–Crippen LogP) is 1.04. The third-order valence-corrected chi connectivity index (χ3v) is 2.32. The lowest BCUT2D eigenvalue weighted by atomic mass is 10.2. The predicted molar refractivity (Wildman–Crippen MR) is 64.0 cm³/mol. The molecule has 0 saturated heterocycles. The van der Waals surface area contributed by atoms with Gasteiger partial charge < -0.3 is 10.2 Å². The normalized spacial score (nSPS) is 11.1. The first kappa shape index (κ1) is 15.2. The zero-order valence-corrected chi connectivity index (χ0v) is 10.3. The van der Waals surface area contributed by atoms with E-state index < -0.39 is 6.04 Å². The molecule has 0 saturated carbocycles. The van der Waals surface area contributed by atoms with Crippen molar-refractivity contribution in [3.8, 4) is 6.07 Å². The standard InChI is InChI=1S/C10H18N6O/c1-3-16(4-2)10(17)7-9(8-11)13-5-6-14-15-12/h9,13H,3-7H2,1-2H3. The van der Waals surface area contributed by atoms with E-state index >= 15 is 0 Å². The van der Waals surface area contributed by atoms with Crippen molar-refractivity contribution in [3.05, 3.63) is 10.4 Å². The average molecular weight is 238 g/mol. The maximum absolute atomic E-state index is 11.7. The van der Waals surface area contributed by atoms with E-state index in [4.69, 9.17) is 10.8 Å². The Labute approximate surface area is 101 Å². The maximum atomic E-state index is 11.7. The molecule has 1 atom stereocenters. The van der Waals surface area contributed by atoms with Gasteiger partial charge in [0.2, 0.25) is 5.91 Å². The van der Waals surface area contributed by atoms with Crippen LogP contribution in [0.3, 0.4) is 0 Å². The van der Waals surface area contributed by atoms with E-state index in [9.17, 15) is 4.79 Å². The first-order valence-corrected chi connectivity index (χ1v) is 5.61. The highest BCUT2D eigenvalue weighted by atomic mass is 16.2. The van der Waals surface area contributed by atoms with Crippen LogP contribution < -0.4 is 5.32 Å². The van der Waals surface area contributed by atoms with Gasteiger partial charge in [0, 0.05) is 31.1 Å². The maximum Gasteiger partial charge on any atom is 0.225 e. The molecule has 1 N–H and O–H groups in total. The van der Waals surface area contributed by atoms with Crippen molar-refractivity contribution >= 4 is 5.91 Å². The molecule has 0 aromatic heterocycles. The van der Waals surface area contributed by atoms with Crippen LogP contribution in [-0.2, 0) is 4.79 Å². The summed E-state index contributed by atoms with van der Waals surface area (Å²) in [4.78, 5) is 16.0. The van der Waals surface area contributed by atoms with Gasteiger partial charge in [-0.2, -0.15) is 5.26 Å². The second-order valence-corrected chi connectivity index (χ2v) is 3.36. The van der Waals surface area contributed by atoms with Crippen LogP contribution >= 0.6 is 0 Å². The van der Waals surface area contributed by atoms with Crippen molar-refractivity contribution in [2.45, 2.75) is 26.3 Å². The smallest absolute Gasteiger partial charge is 0.225 e. The lowest BCUT2D eigenvalue weighted by Crippen LogP contribution is -2.38. The Morgan fingerprint density at radius 3 is 2.71 bits per heavy atom. The number of azide groups is 1. The van der Waals surface area contributed by atoms with Gasteiger partial charge in [-0.3, -0.25) is 4.79 Å². The summed E-state index contributed by atoms with van der Waals surface area (Å²) >= 11 is 0. The van der Waals surface area contributed by atoms with E-state index in [0.717, 1.165) is 0 Å². The molecule has 0 aromatic rings. The lowest BCUT2D eigenvalue weighted by Gasteiger charge is -2.20. The summed E-state index contributed by atoms with van der Waals surface area (Å²) < 4.78 is 0. The van der Waals surface area contributed by atoms with Crippen LogP contribution in [0.1, 0.15) is 20.3 Å². The van der Waals surface area contributed by atoms with Crippen LogP contribution in [0, 0.1) is 11.3 Å². The van der Waals surface area contributed by atoms with Crippen molar-refractivity contribution in [2.24, 2.45) is 5.11 Å². The lowest BCUT2D eigenvalue weighted by molar-refractivity contribution is -0.131. The number of carbonyl (C=O) groups excluding carboxylic acids is 1. The zero-order chi connectivity index (χ0) is 13.1. The van der Waals surface area contributed by atoms with Gasteiger partial charge in [0.1, 0.15) is 6.04 Å². The van der Waals surface area contributed by atoms with E-state index in [2.05, 4.69) is 15.3 Å². The third kappa shape index (κ3) is 6.40. The monoisotopic (exact) mass is 238 g/mol. The fourth-order valence-corrected chi connectivity index (χ4v) is 1.38. The molecule has 0 bridgehead atoms. The van der Waals surface area contributed by atoms with Gasteiger partial charge >= 0.3 is 0 Å². The molecule has 0 fully saturated rings. The van der Waals surface area contributed by atoms with Crippen LogP contribution in [0.2, 0.25) is 0 Å². The molecule has 0 aliphatic carbocycles. The zero-order valence-electron chi connectivity index (χ0n) is 10.3. The molecule has 0 aliphatic heterocycles. The molecule has 94 valence electrons. The number of rotatable bonds is 8. The van der Waals surface area contributed by atoms with Crippen molar-refractivity contribution in [3.63, 3.8) is 0 Å². The molecule has 0 spiro atoms. The van der Waals surface area contributed by atoms with Crippen LogP contribution in [-0.4, -0.2) is 43.0 Å². The molecule has 0 heterocycles. The fraction of sp³-hybridized carbons (Fsp3) is 0.800. The van der Waals surface area contributed by atoms with Gasteiger partial charge in [-0.25, -0.2) is 0 Å². The highest BCUT2D eigenvalue weighted by Gasteiger charge is 2.16. The first-order valence-electron chi connectivity index (χ1n) is 5.61. The molecule has 17 heavy (non-hydrogen) atoms. The van der Waals surface area contributed by atoms with Gasteiger partial charge in [0.25, 0.3) is 0 Å². The summed E-state index contributed by atoms with van der Waals surface area (Å²) in [6.07, 6.45) is 0.147. The second kappa shape index (κ2) is 9.46. The summed E-state index contributed by atoms with van der Waals surface area (Å²) in [5, 5.41) is 15.1. The van der Waals surface area contributed by atoms with Crippen molar-refractivity contribution in [1.29, 1.82) is 5.26 Å². The Morgan fingerprint density at radius 1 is 1.59 bits per heavy atom. The largest absolute Gasteiger partial charge is 0.343 e. The number of hydrogen-bond acceptors (Lipinski definition) is 4. The second-order valence-electron chi connectivity index (χ2n) is 3.36. The van der Waals surface area contributed by atoms with Crippen LogP contribution in [0.4, 0.5) is 0 Å². The van der Waals surface area contributed by atoms with Crippen LogP contribution in [0.25, 0.3) is 10.4 Å². The number of nitrogens with zero attached hydrogens (tertiary/aromatic N) is 5. The summed E-state index contributed by atoms with van der Waals surface area (Å²) in [5.41, 5.74) is 8.08. The van der Waals surface area contributed by atoms with Crippen molar-refractivity contribution in [2.75, 3.05) is 26.2 Å². The molecule has 0 rings (SSSR count). The Morgan fingerprint density at radius 2 is 2.24 bits per heavy atom. The van der Waals surface area contributed by atoms with Crippen LogP contribution in [0.15, 0.2) is 5.11 Å². The molecule has 7 nitrogen and oxygen atoms in total. The molecular formula is C10H18N6O. The Bertz CT molecular complexity index is 313. The number of nitriles is 1. The summed E-state index contributed by atoms with van der Waals surface area (Å²) in [6.45, 7) is 5.76. The van der Waals surface area contributed by atoms with Gasteiger partial charge in [-0.1, -0.05) is 5.11 Å². The Balaban J connectivity index is 4.08. The van der Waals surface area contributed by atoms with E-state index in [1.165, 1.54) is 0 Å². The molecule has 0 aliphatic rings. The fourth-order valence-electron chi connectivity index (χ4n) is 1.38. The van der Waals surface area contributed by atoms with E-state index in [0.29, 0.717) is 19.6 Å². The molecular weight excluding hydrogens is 220 g/mol. The minimum absolute atomic E-state index is 0.0437. The first-order chi connectivity index (χ1) is 8.19. The summed E-state index contributed by atoms with van der Waals surface area (Å²) in [6, 6.07) is 1.49. The van der Waals surface area contributed by atoms with Crippen molar-refractivity contribution < 1.29 is 4.79 Å². The summed E-state index contributed by atoms with van der Waals surface area (Å²) in [5.74, 6) is -0.0437. The number of hydrogen-bond donors (Lipinski definition) is 1.